The molecule has 1 fully saturated rings. The molecule has 0 aliphatic carbocycles. The Morgan fingerprint density at radius 3 is 2.64 bits per heavy atom. The van der Waals surface area contributed by atoms with E-state index in [1.54, 1.807) is 17.0 Å². The largest absolute Gasteiger partial charge is 0.341 e. The lowest BCUT2D eigenvalue weighted by Gasteiger charge is -2.21. The zero-order chi connectivity index (χ0) is 16.3. The van der Waals surface area contributed by atoms with E-state index in [0.717, 1.165) is 5.56 Å². The first-order valence-corrected chi connectivity index (χ1v) is 9.21. The Kier molecular flexibility index (Phi) is 5.47. The molecule has 1 heterocycles. The summed E-state index contributed by atoms with van der Waals surface area (Å²) in [5.41, 5.74) is 1.05. The normalized spacial score (nSPS) is 20.1. The van der Waals surface area contributed by atoms with Crippen molar-refractivity contribution in [2.75, 3.05) is 20.1 Å². The topological polar surface area (TPSA) is 66.5 Å². The highest BCUT2D eigenvalue weighted by atomic mass is 35.5. The van der Waals surface area contributed by atoms with Gasteiger partial charge in [0.05, 0.1) is 5.25 Å². The molecular weight excluding hydrogens is 324 g/mol. The van der Waals surface area contributed by atoms with Gasteiger partial charge in [0, 0.05) is 24.0 Å². The SMILES string of the molecule is CNS(=O)(=O)C1CCN(C(=O)C(C)Cc2ccc(Cl)cc2)C1. The lowest BCUT2D eigenvalue weighted by atomic mass is 10.00. The molecule has 1 aliphatic rings. The number of sulfonamides is 1. The van der Waals surface area contributed by atoms with Crippen molar-refractivity contribution < 1.29 is 13.2 Å². The fourth-order valence-corrected chi connectivity index (χ4v) is 3.97. The molecule has 0 aromatic heterocycles. The van der Waals surface area contributed by atoms with Gasteiger partial charge in [-0.3, -0.25) is 4.79 Å². The van der Waals surface area contributed by atoms with Crippen molar-refractivity contribution >= 4 is 27.5 Å². The van der Waals surface area contributed by atoms with E-state index in [1.165, 1.54) is 7.05 Å². The van der Waals surface area contributed by atoms with Crippen molar-refractivity contribution in [2.24, 2.45) is 5.92 Å². The predicted molar refractivity (Wildman–Crippen MR) is 87.3 cm³/mol. The minimum Gasteiger partial charge on any atom is -0.341 e. The van der Waals surface area contributed by atoms with Crippen LogP contribution in [0.5, 0.6) is 0 Å². The summed E-state index contributed by atoms with van der Waals surface area (Å²) < 4.78 is 25.9. The van der Waals surface area contributed by atoms with Crippen molar-refractivity contribution in [2.45, 2.75) is 25.0 Å². The first kappa shape index (κ1) is 17.2. The maximum Gasteiger partial charge on any atom is 0.225 e. The molecule has 1 N–H and O–H groups in total. The number of carbonyl (C=O) groups is 1. The number of hydrogen-bond donors (Lipinski definition) is 1. The standard InChI is InChI=1S/C15H21ClN2O3S/c1-11(9-12-3-5-13(16)6-4-12)15(19)18-8-7-14(10-18)22(20,21)17-2/h3-6,11,14,17H,7-10H2,1-2H3. The summed E-state index contributed by atoms with van der Waals surface area (Å²) in [5, 5.41) is 0.159. The lowest BCUT2D eigenvalue weighted by Crippen LogP contribution is -2.38. The third-order valence-electron chi connectivity index (χ3n) is 4.06. The molecule has 0 bridgehead atoms. The second-order valence-corrected chi connectivity index (χ2v) is 8.28. The molecule has 7 heteroatoms. The number of nitrogens with zero attached hydrogens (tertiary/aromatic N) is 1. The molecule has 1 aromatic carbocycles. The van der Waals surface area contributed by atoms with Crippen LogP contribution in [0, 0.1) is 5.92 Å². The molecule has 0 saturated carbocycles. The lowest BCUT2D eigenvalue weighted by molar-refractivity contribution is -0.133. The van der Waals surface area contributed by atoms with Crippen molar-refractivity contribution in [3.63, 3.8) is 0 Å². The van der Waals surface area contributed by atoms with Gasteiger partial charge in [0.2, 0.25) is 15.9 Å². The molecule has 2 unspecified atom stereocenters. The fourth-order valence-electron chi connectivity index (χ4n) is 2.72. The monoisotopic (exact) mass is 344 g/mol. The predicted octanol–water partition coefficient (Wildman–Crippen LogP) is 1.67. The van der Waals surface area contributed by atoms with E-state index in [-0.39, 0.29) is 18.4 Å². The second kappa shape index (κ2) is 6.98. The minimum atomic E-state index is -3.31. The first-order chi connectivity index (χ1) is 10.3. The van der Waals surface area contributed by atoms with Gasteiger partial charge in [-0.1, -0.05) is 30.7 Å². The Labute approximate surface area is 136 Å². The van der Waals surface area contributed by atoms with Crippen LogP contribution in [0.2, 0.25) is 5.02 Å². The molecule has 22 heavy (non-hydrogen) atoms. The minimum absolute atomic E-state index is 0.00348. The zero-order valence-electron chi connectivity index (χ0n) is 12.8. The smallest absolute Gasteiger partial charge is 0.225 e. The molecule has 2 rings (SSSR count). The Morgan fingerprint density at radius 1 is 1.41 bits per heavy atom. The van der Waals surface area contributed by atoms with Crippen molar-refractivity contribution in [1.82, 2.24) is 9.62 Å². The number of amides is 1. The highest BCUT2D eigenvalue weighted by Gasteiger charge is 2.35. The summed E-state index contributed by atoms with van der Waals surface area (Å²) in [7, 11) is -1.91. The average Bonchev–Trinajstić information content (AvgIpc) is 2.99. The second-order valence-electron chi connectivity index (χ2n) is 5.68. The number of nitrogens with one attached hydrogen (secondary N) is 1. The van der Waals surface area contributed by atoms with Gasteiger partial charge in [-0.05, 0) is 37.6 Å². The van der Waals surface area contributed by atoms with E-state index >= 15 is 0 Å². The molecule has 1 aliphatic heterocycles. The molecule has 5 nitrogen and oxygen atoms in total. The Hall–Kier alpha value is -1.11. The third-order valence-corrected chi connectivity index (χ3v) is 6.14. The van der Waals surface area contributed by atoms with Crippen LogP contribution in [-0.2, 0) is 21.2 Å². The summed E-state index contributed by atoms with van der Waals surface area (Å²) >= 11 is 5.85. The molecule has 122 valence electrons. The first-order valence-electron chi connectivity index (χ1n) is 7.29. The number of halogens is 1. The summed E-state index contributed by atoms with van der Waals surface area (Å²) in [6, 6.07) is 7.42. The summed E-state index contributed by atoms with van der Waals surface area (Å²) in [6.07, 6.45) is 1.11. The maximum absolute atomic E-state index is 12.5. The third kappa shape index (κ3) is 4.00. The van der Waals surface area contributed by atoms with Gasteiger partial charge in [-0.2, -0.15) is 0 Å². The number of benzene rings is 1. The molecule has 2 atom stereocenters. The van der Waals surface area contributed by atoms with Gasteiger partial charge in [0.25, 0.3) is 0 Å². The van der Waals surface area contributed by atoms with Crippen LogP contribution in [0.15, 0.2) is 24.3 Å². The summed E-state index contributed by atoms with van der Waals surface area (Å²) in [5.74, 6) is -0.180. The van der Waals surface area contributed by atoms with Gasteiger partial charge in [-0.25, -0.2) is 13.1 Å². The molecule has 0 spiro atoms. The van der Waals surface area contributed by atoms with Crippen LogP contribution in [0.1, 0.15) is 18.9 Å². The van der Waals surface area contributed by atoms with Crippen molar-refractivity contribution in [1.29, 1.82) is 0 Å². The van der Waals surface area contributed by atoms with E-state index in [9.17, 15) is 13.2 Å². The van der Waals surface area contributed by atoms with Crippen LogP contribution in [0.25, 0.3) is 0 Å². The van der Waals surface area contributed by atoms with Gasteiger partial charge in [-0.15, -0.1) is 0 Å². The van der Waals surface area contributed by atoms with E-state index in [1.807, 2.05) is 19.1 Å². The highest BCUT2D eigenvalue weighted by Crippen LogP contribution is 2.20. The Bertz CT molecular complexity index is 631. The Morgan fingerprint density at radius 2 is 2.05 bits per heavy atom. The summed E-state index contributed by atoms with van der Waals surface area (Å²) in [4.78, 5) is 14.1. The summed E-state index contributed by atoms with van der Waals surface area (Å²) in [6.45, 7) is 2.64. The number of rotatable bonds is 5. The van der Waals surface area contributed by atoms with E-state index in [2.05, 4.69) is 4.72 Å². The van der Waals surface area contributed by atoms with Gasteiger partial charge < -0.3 is 4.90 Å². The maximum atomic E-state index is 12.5. The van der Waals surface area contributed by atoms with Gasteiger partial charge in [0.1, 0.15) is 0 Å². The average molecular weight is 345 g/mol. The van der Waals surface area contributed by atoms with Gasteiger partial charge in [0.15, 0.2) is 0 Å². The highest BCUT2D eigenvalue weighted by molar-refractivity contribution is 7.90. The Balaban J connectivity index is 1.96. The van der Waals surface area contributed by atoms with E-state index in [0.29, 0.717) is 24.4 Å². The molecular formula is C15H21ClN2O3S. The van der Waals surface area contributed by atoms with Crippen LogP contribution in [-0.4, -0.2) is 44.6 Å². The van der Waals surface area contributed by atoms with Crippen LogP contribution >= 0.6 is 11.6 Å². The number of hydrogen-bond acceptors (Lipinski definition) is 3. The van der Waals surface area contributed by atoms with Gasteiger partial charge >= 0.3 is 0 Å². The van der Waals surface area contributed by atoms with Crippen molar-refractivity contribution in [3.05, 3.63) is 34.9 Å². The fraction of sp³-hybridized carbons (Fsp3) is 0.533. The number of carbonyl (C=O) groups excluding carboxylic acids is 1. The molecule has 1 amide bonds. The van der Waals surface area contributed by atoms with E-state index in [4.69, 9.17) is 11.6 Å². The van der Waals surface area contributed by atoms with Crippen LogP contribution < -0.4 is 4.72 Å². The quantitative estimate of drug-likeness (QED) is 0.883. The van der Waals surface area contributed by atoms with Crippen LogP contribution in [0.3, 0.4) is 0 Å². The molecule has 1 saturated heterocycles. The van der Waals surface area contributed by atoms with Crippen molar-refractivity contribution in [3.8, 4) is 0 Å². The van der Waals surface area contributed by atoms with E-state index < -0.39 is 15.3 Å². The number of likely N-dealkylation sites (tertiary alicyclic amines) is 1. The van der Waals surface area contributed by atoms with Crippen LogP contribution in [0.4, 0.5) is 0 Å². The zero-order valence-corrected chi connectivity index (χ0v) is 14.3. The molecule has 1 aromatic rings. The molecule has 0 radical (unpaired) electrons.